The average Bonchev–Trinajstić information content (AvgIpc) is 3.42. The first-order valence-corrected chi connectivity index (χ1v) is 14.0. The molecular formula is C28H33N5O5S. The Morgan fingerprint density at radius 1 is 1.15 bits per heavy atom. The molecule has 0 bridgehead atoms. The van der Waals surface area contributed by atoms with Crippen molar-refractivity contribution in [2.45, 2.75) is 36.1 Å². The van der Waals surface area contributed by atoms with Crippen LogP contribution in [0.15, 0.2) is 47.6 Å². The lowest BCUT2D eigenvalue weighted by molar-refractivity contribution is 0.0502. The topological polar surface area (TPSA) is 121 Å². The Bertz CT molecular complexity index is 1300. The fourth-order valence-corrected chi connectivity index (χ4v) is 5.90. The van der Waals surface area contributed by atoms with Crippen LogP contribution in [0.3, 0.4) is 0 Å². The van der Waals surface area contributed by atoms with E-state index in [0.29, 0.717) is 42.9 Å². The van der Waals surface area contributed by atoms with Gasteiger partial charge in [0.1, 0.15) is 23.6 Å². The van der Waals surface area contributed by atoms with E-state index >= 15 is 0 Å². The molecular weight excluding hydrogens is 518 g/mol. The lowest BCUT2D eigenvalue weighted by Gasteiger charge is -2.36. The molecule has 1 aromatic carbocycles. The highest BCUT2D eigenvalue weighted by Crippen LogP contribution is 2.42. The van der Waals surface area contributed by atoms with Gasteiger partial charge in [-0.3, -0.25) is 4.79 Å². The van der Waals surface area contributed by atoms with Crippen molar-refractivity contribution in [3.63, 3.8) is 0 Å². The van der Waals surface area contributed by atoms with Crippen LogP contribution in [0.1, 0.15) is 29.3 Å². The van der Waals surface area contributed by atoms with E-state index in [1.165, 1.54) is 0 Å². The third kappa shape index (κ3) is 6.10. The van der Waals surface area contributed by atoms with Crippen molar-refractivity contribution in [1.82, 2.24) is 19.9 Å². The molecule has 2 aromatic heterocycles. The number of nitrogens with zero attached hydrogens (tertiary/aromatic N) is 5. The monoisotopic (exact) mass is 551 g/mol. The molecule has 2 N–H and O–H groups in total. The summed E-state index contributed by atoms with van der Waals surface area (Å²) in [6.07, 6.45) is 2.66. The van der Waals surface area contributed by atoms with E-state index in [2.05, 4.69) is 21.8 Å². The Morgan fingerprint density at radius 2 is 1.97 bits per heavy atom. The van der Waals surface area contributed by atoms with Gasteiger partial charge in [-0.2, -0.15) is 9.97 Å². The first kappa shape index (κ1) is 27.2. The summed E-state index contributed by atoms with van der Waals surface area (Å²) < 4.78 is 10.8. The minimum atomic E-state index is -0.990. The highest BCUT2D eigenvalue weighted by Gasteiger charge is 2.31. The second kappa shape index (κ2) is 12.2. The molecule has 2 aliphatic heterocycles. The fourth-order valence-electron chi connectivity index (χ4n) is 4.72. The molecule has 39 heavy (non-hydrogen) atoms. The summed E-state index contributed by atoms with van der Waals surface area (Å²) in [5, 5.41) is 20.2. The normalized spacial score (nSPS) is 17.6. The molecule has 1 fully saturated rings. The fraction of sp³-hybridized carbons (Fsp3) is 0.429. The lowest BCUT2D eigenvalue weighted by atomic mass is 10.0. The number of aliphatic hydroxyl groups excluding tert-OH is 2. The first-order chi connectivity index (χ1) is 19.0. The van der Waals surface area contributed by atoms with Crippen molar-refractivity contribution in [3.8, 4) is 23.0 Å². The minimum Gasteiger partial charge on any atom is -0.481 e. The number of hydrogen-bond donors (Lipinski definition) is 2. The molecule has 10 nitrogen and oxygen atoms in total. The van der Waals surface area contributed by atoms with Crippen LogP contribution in [0.4, 0.5) is 5.82 Å². The summed E-state index contributed by atoms with van der Waals surface area (Å²) >= 11 is 1.73. The van der Waals surface area contributed by atoms with E-state index in [4.69, 9.17) is 19.6 Å². The second-order valence-electron chi connectivity index (χ2n) is 9.56. The van der Waals surface area contributed by atoms with E-state index in [1.807, 2.05) is 35.2 Å². The van der Waals surface area contributed by atoms with Crippen molar-refractivity contribution >= 4 is 23.5 Å². The summed E-state index contributed by atoms with van der Waals surface area (Å²) in [7, 11) is 1.58. The first-order valence-electron chi connectivity index (χ1n) is 13.1. The third-order valence-corrected chi connectivity index (χ3v) is 8.36. The van der Waals surface area contributed by atoms with Gasteiger partial charge in [-0.25, -0.2) is 4.98 Å². The summed E-state index contributed by atoms with van der Waals surface area (Å²) in [6, 6.07) is 11.5. The number of ether oxygens (including phenoxy) is 2. The molecule has 1 saturated heterocycles. The Kier molecular flexibility index (Phi) is 8.49. The summed E-state index contributed by atoms with van der Waals surface area (Å²) in [6.45, 7) is 4.10. The molecule has 3 aromatic rings. The molecule has 0 aliphatic carbocycles. The van der Waals surface area contributed by atoms with Gasteiger partial charge in [-0.05, 0) is 36.6 Å². The van der Waals surface area contributed by atoms with E-state index in [0.717, 1.165) is 40.4 Å². The third-order valence-electron chi connectivity index (χ3n) is 6.96. The maximum Gasteiger partial charge on any atom is 0.319 e. The number of rotatable bonds is 9. The maximum atomic E-state index is 13.4. The number of pyridine rings is 1. The Labute approximate surface area is 232 Å². The molecule has 5 rings (SSSR count). The smallest absolute Gasteiger partial charge is 0.319 e. The van der Waals surface area contributed by atoms with Crippen molar-refractivity contribution < 1.29 is 24.5 Å². The standard InChI is InChI=1S/C28H33N5O5S/c1-3-22-14-23-25(30-28(31-26(23)39-22)38-17-21(35)16-34)32-9-11-33(12-10-32)27(36)19-6-4-5-18(13-19)20-7-8-24(37-2)29-15-20/h4-8,13,15,21-22,34-35H,3,9-12,14,16-17H2,1-2H3/t21-,22?/m1/s1. The number of aromatic nitrogens is 3. The zero-order chi connectivity index (χ0) is 27.4. The van der Waals surface area contributed by atoms with Crippen LogP contribution in [0.25, 0.3) is 11.1 Å². The highest BCUT2D eigenvalue weighted by atomic mass is 32.2. The number of aliphatic hydroxyl groups is 2. The molecule has 0 spiro atoms. The van der Waals surface area contributed by atoms with Crippen molar-refractivity contribution in [2.24, 2.45) is 0 Å². The quantitative estimate of drug-likeness (QED) is 0.384. The van der Waals surface area contributed by atoms with Gasteiger partial charge in [0.05, 0.1) is 13.7 Å². The van der Waals surface area contributed by atoms with E-state index < -0.39 is 6.10 Å². The number of carbonyl (C=O) groups is 1. The zero-order valence-corrected chi connectivity index (χ0v) is 22.9. The molecule has 1 unspecified atom stereocenters. The number of thioether (sulfide) groups is 1. The number of carbonyl (C=O) groups excluding carboxylic acids is 1. The molecule has 206 valence electrons. The SMILES string of the molecule is CCC1Cc2c(nc(OC[C@H](O)CO)nc2N2CCN(C(=O)c3cccc(-c4ccc(OC)nc4)c3)CC2)S1. The zero-order valence-electron chi connectivity index (χ0n) is 22.1. The van der Waals surface area contributed by atoms with Crippen molar-refractivity contribution in [3.05, 3.63) is 53.7 Å². The molecule has 0 saturated carbocycles. The van der Waals surface area contributed by atoms with Gasteiger partial charge in [0, 0.05) is 60.4 Å². The Morgan fingerprint density at radius 3 is 2.67 bits per heavy atom. The van der Waals surface area contributed by atoms with Crippen LogP contribution >= 0.6 is 11.8 Å². The van der Waals surface area contributed by atoms with Crippen molar-refractivity contribution in [2.75, 3.05) is 51.4 Å². The number of benzene rings is 1. The predicted molar refractivity (Wildman–Crippen MR) is 149 cm³/mol. The predicted octanol–water partition coefficient (Wildman–Crippen LogP) is 2.67. The Balaban J connectivity index is 1.29. The molecule has 2 atom stereocenters. The van der Waals surface area contributed by atoms with Gasteiger partial charge in [-0.15, -0.1) is 11.8 Å². The largest absolute Gasteiger partial charge is 0.481 e. The van der Waals surface area contributed by atoms with Gasteiger partial charge < -0.3 is 29.5 Å². The maximum absolute atomic E-state index is 13.4. The van der Waals surface area contributed by atoms with E-state index in [9.17, 15) is 9.90 Å². The molecule has 4 heterocycles. The van der Waals surface area contributed by atoms with Crippen LogP contribution in [-0.2, 0) is 6.42 Å². The van der Waals surface area contributed by atoms with Crippen LogP contribution in [0.5, 0.6) is 11.9 Å². The van der Waals surface area contributed by atoms with Gasteiger partial charge >= 0.3 is 6.01 Å². The number of methoxy groups -OCH3 is 1. The summed E-state index contributed by atoms with van der Waals surface area (Å²) in [5.74, 6) is 1.37. The molecule has 11 heteroatoms. The number of fused-ring (bicyclic) bond motifs is 1. The van der Waals surface area contributed by atoms with E-state index in [1.54, 1.807) is 31.1 Å². The number of anilines is 1. The van der Waals surface area contributed by atoms with Gasteiger partial charge in [0.25, 0.3) is 5.91 Å². The van der Waals surface area contributed by atoms with E-state index in [-0.39, 0.29) is 25.1 Å². The summed E-state index contributed by atoms with van der Waals surface area (Å²) in [4.78, 5) is 31.0. The van der Waals surface area contributed by atoms with Gasteiger partial charge in [0.15, 0.2) is 0 Å². The van der Waals surface area contributed by atoms with Gasteiger partial charge in [0.2, 0.25) is 5.88 Å². The minimum absolute atomic E-state index is 0.00509. The highest BCUT2D eigenvalue weighted by molar-refractivity contribution is 8.00. The van der Waals surface area contributed by atoms with Crippen LogP contribution in [0, 0.1) is 0 Å². The van der Waals surface area contributed by atoms with Crippen LogP contribution < -0.4 is 14.4 Å². The average molecular weight is 552 g/mol. The van der Waals surface area contributed by atoms with Crippen molar-refractivity contribution in [1.29, 1.82) is 0 Å². The number of hydrogen-bond acceptors (Lipinski definition) is 10. The number of amides is 1. The van der Waals surface area contributed by atoms with Crippen LogP contribution in [0.2, 0.25) is 0 Å². The molecule has 2 aliphatic rings. The van der Waals surface area contributed by atoms with Crippen LogP contribution in [-0.4, -0.2) is 93.8 Å². The number of piperazine rings is 1. The Hall–Kier alpha value is -3.41. The van der Waals surface area contributed by atoms with Gasteiger partial charge in [-0.1, -0.05) is 19.1 Å². The molecule has 1 amide bonds. The molecule has 0 radical (unpaired) electrons. The lowest BCUT2D eigenvalue weighted by Crippen LogP contribution is -2.49. The summed E-state index contributed by atoms with van der Waals surface area (Å²) in [5.41, 5.74) is 3.59. The second-order valence-corrected chi connectivity index (χ2v) is 10.9.